The van der Waals surface area contributed by atoms with Gasteiger partial charge in [-0.05, 0) is 56.3 Å². The van der Waals surface area contributed by atoms with Gasteiger partial charge in [0.05, 0.1) is 12.2 Å². The first-order chi connectivity index (χ1) is 11.9. The smallest absolute Gasteiger partial charge is 0.341 e. The van der Waals surface area contributed by atoms with Gasteiger partial charge in [-0.15, -0.1) is 0 Å². The van der Waals surface area contributed by atoms with Gasteiger partial charge in [-0.2, -0.15) is 0 Å². The highest BCUT2D eigenvalue weighted by Gasteiger charge is 2.20. The molecule has 6 nitrogen and oxygen atoms in total. The first-order valence-corrected chi connectivity index (χ1v) is 8.49. The third-order valence-corrected chi connectivity index (χ3v) is 3.81. The monoisotopic (exact) mass is 406 g/mol. The van der Waals surface area contributed by atoms with Crippen LogP contribution in [0.5, 0.6) is 5.75 Å². The van der Waals surface area contributed by atoms with E-state index in [1.54, 1.807) is 42.5 Å². The van der Waals surface area contributed by atoms with Crippen LogP contribution in [0.3, 0.4) is 0 Å². The summed E-state index contributed by atoms with van der Waals surface area (Å²) >= 11 is 3.27. The normalized spacial score (nSPS) is 11.5. The zero-order valence-electron chi connectivity index (χ0n) is 13.9. The first kappa shape index (κ1) is 18.8. The fourth-order valence-corrected chi connectivity index (χ4v) is 2.39. The van der Waals surface area contributed by atoms with E-state index in [2.05, 4.69) is 21.2 Å². The van der Waals surface area contributed by atoms with Crippen LogP contribution in [0.25, 0.3) is 0 Å². The molecule has 25 heavy (non-hydrogen) atoms. The van der Waals surface area contributed by atoms with Crippen LogP contribution >= 0.6 is 15.9 Å². The van der Waals surface area contributed by atoms with Crippen molar-refractivity contribution < 1.29 is 19.1 Å². The molecular weight excluding hydrogens is 388 g/mol. The summed E-state index contributed by atoms with van der Waals surface area (Å²) in [5, 5.41) is 2.68. The zero-order valence-corrected chi connectivity index (χ0v) is 15.5. The molecule has 0 fully saturated rings. The third kappa shape index (κ3) is 5.22. The van der Waals surface area contributed by atoms with E-state index in [0.29, 0.717) is 22.5 Å². The number of nitrogens with two attached hydrogens (primary N) is 1. The lowest BCUT2D eigenvalue weighted by Gasteiger charge is -2.14. The lowest BCUT2D eigenvalue weighted by atomic mass is 10.2. The van der Waals surface area contributed by atoms with Crippen LogP contribution in [0.15, 0.2) is 46.9 Å². The first-order valence-electron chi connectivity index (χ1n) is 7.70. The maximum atomic E-state index is 12.2. The highest BCUT2D eigenvalue weighted by atomic mass is 79.9. The van der Waals surface area contributed by atoms with Crippen molar-refractivity contribution in [3.8, 4) is 5.75 Å². The number of rotatable bonds is 6. The summed E-state index contributed by atoms with van der Waals surface area (Å²) < 4.78 is 11.2. The Morgan fingerprint density at radius 2 is 1.88 bits per heavy atom. The molecule has 0 aliphatic heterocycles. The summed E-state index contributed by atoms with van der Waals surface area (Å²) in [5.74, 6) is -0.385. The minimum Gasteiger partial charge on any atom is -0.494 e. The highest BCUT2D eigenvalue weighted by Crippen LogP contribution is 2.20. The molecule has 132 valence electrons. The average molecular weight is 407 g/mol. The van der Waals surface area contributed by atoms with Crippen LogP contribution in [-0.2, 0) is 9.53 Å². The Kier molecular flexibility index (Phi) is 6.41. The van der Waals surface area contributed by atoms with E-state index in [1.165, 1.54) is 6.92 Å². The third-order valence-electron chi connectivity index (χ3n) is 3.32. The van der Waals surface area contributed by atoms with Crippen molar-refractivity contribution in [2.24, 2.45) is 0 Å². The van der Waals surface area contributed by atoms with Crippen LogP contribution in [-0.4, -0.2) is 24.6 Å². The van der Waals surface area contributed by atoms with Crippen molar-refractivity contribution in [2.45, 2.75) is 20.0 Å². The molecule has 1 atom stereocenters. The van der Waals surface area contributed by atoms with Crippen molar-refractivity contribution in [2.75, 3.05) is 17.7 Å². The summed E-state index contributed by atoms with van der Waals surface area (Å²) in [6.07, 6.45) is -0.975. The molecule has 3 N–H and O–H groups in total. The van der Waals surface area contributed by atoms with Crippen LogP contribution in [0.2, 0.25) is 0 Å². The van der Waals surface area contributed by atoms with E-state index in [-0.39, 0.29) is 11.3 Å². The van der Waals surface area contributed by atoms with Crippen LogP contribution in [0, 0.1) is 0 Å². The molecule has 0 saturated heterocycles. The molecule has 2 aromatic carbocycles. The van der Waals surface area contributed by atoms with Gasteiger partial charge < -0.3 is 20.5 Å². The van der Waals surface area contributed by atoms with Gasteiger partial charge in [-0.3, -0.25) is 4.79 Å². The van der Waals surface area contributed by atoms with Gasteiger partial charge >= 0.3 is 5.97 Å². The van der Waals surface area contributed by atoms with Gasteiger partial charge in [0.2, 0.25) is 0 Å². The minimum absolute atomic E-state index is 0.204. The van der Waals surface area contributed by atoms with E-state index >= 15 is 0 Å². The maximum Gasteiger partial charge on any atom is 0.341 e. The van der Waals surface area contributed by atoms with E-state index in [1.807, 2.05) is 6.92 Å². The van der Waals surface area contributed by atoms with Crippen molar-refractivity contribution in [1.29, 1.82) is 0 Å². The topological polar surface area (TPSA) is 90.6 Å². The van der Waals surface area contributed by atoms with E-state index < -0.39 is 18.0 Å². The Morgan fingerprint density at radius 3 is 2.52 bits per heavy atom. The molecule has 0 saturated carbocycles. The van der Waals surface area contributed by atoms with Crippen LogP contribution in [0.1, 0.15) is 24.2 Å². The molecule has 0 aliphatic carbocycles. The molecular formula is C18H19BrN2O4. The second-order valence-electron chi connectivity index (χ2n) is 5.23. The van der Waals surface area contributed by atoms with Gasteiger partial charge in [0.15, 0.2) is 6.10 Å². The Hall–Kier alpha value is -2.54. The number of carbonyl (C=O) groups excluding carboxylic acids is 2. The van der Waals surface area contributed by atoms with Gasteiger partial charge in [0, 0.05) is 15.8 Å². The molecule has 0 bridgehead atoms. The fourth-order valence-electron chi connectivity index (χ4n) is 2.03. The predicted octanol–water partition coefficient (Wildman–Crippen LogP) is 3.61. The number of halogens is 1. The number of esters is 1. The molecule has 0 aromatic heterocycles. The summed E-state index contributed by atoms with van der Waals surface area (Å²) in [6.45, 7) is 3.96. The predicted molar refractivity (Wildman–Crippen MR) is 99.7 cm³/mol. The molecule has 0 spiro atoms. The largest absolute Gasteiger partial charge is 0.494 e. The minimum atomic E-state index is -0.975. The molecule has 0 radical (unpaired) electrons. The average Bonchev–Trinajstić information content (AvgIpc) is 2.58. The number of carbonyl (C=O) groups is 2. The molecule has 2 rings (SSSR count). The lowest BCUT2D eigenvalue weighted by Crippen LogP contribution is -2.30. The number of amides is 1. The number of benzene rings is 2. The van der Waals surface area contributed by atoms with Gasteiger partial charge in [0.1, 0.15) is 5.75 Å². The number of nitrogens with one attached hydrogen (secondary N) is 1. The number of anilines is 2. The summed E-state index contributed by atoms with van der Waals surface area (Å²) in [5.41, 5.74) is 6.84. The Bertz CT molecular complexity index is 762. The molecule has 0 unspecified atom stereocenters. The summed E-state index contributed by atoms with van der Waals surface area (Å²) in [4.78, 5) is 24.4. The number of hydrogen-bond acceptors (Lipinski definition) is 5. The van der Waals surface area contributed by atoms with E-state index in [0.717, 1.165) is 0 Å². The van der Waals surface area contributed by atoms with Crippen molar-refractivity contribution in [3.05, 3.63) is 52.5 Å². The SMILES string of the molecule is CCOc1ccc(NC(=O)[C@@H](C)OC(=O)c2cc(Br)ccc2N)cc1. The fraction of sp³-hybridized carbons (Fsp3) is 0.222. The zero-order chi connectivity index (χ0) is 18.4. The Labute approximate surface area is 154 Å². The maximum absolute atomic E-state index is 12.2. The van der Waals surface area contributed by atoms with Gasteiger partial charge in [-0.1, -0.05) is 15.9 Å². The molecule has 7 heteroatoms. The quantitative estimate of drug-likeness (QED) is 0.564. The molecule has 1 amide bonds. The van der Waals surface area contributed by atoms with Gasteiger partial charge in [-0.25, -0.2) is 4.79 Å². The van der Waals surface area contributed by atoms with Crippen LogP contribution in [0.4, 0.5) is 11.4 Å². The summed E-state index contributed by atoms with van der Waals surface area (Å²) in [7, 11) is 0. The van der Waals surface area contributed by atoms with E-state index in [4.69, 9.17) is 15.2 Å². The number of nitrogen functional groups attached to an aromatic ring is 1. The Morgan fingerprint density at radius 1 is 1.20 bits per heavy atom. The number of hydrogen-bond donors (Lipinski definition) is 2. The van der Waals surface area contributed by atoms with Crippen molar-refractivity contribution >= 4 is 39.2 Å². The Balaban J connectivity index is 1.97. The molecule has 0 aliphatic rings. The van der Waals surface area contributed by atoms with Crippen molar-refractivity contribution in [1.82, 2.24) is 0 Å². The van der Waals surface area contributed by atoms with Crippen LogP contribution < -0.4 is 15.8 Å². The molecule has 2 aromatic rings. The lowest BCUT2D eigenvalue weighted by molar-refractivity contribution is -0.123. The van der Waals surface area contributed by atoms with Gasteiger partial charge in [0.25, 0.3) is 5.91 Å². The summed E-state index contributed by atoms with van der Waals surface area (Å²) in [6, 6.07) is 11.8. The number of ether oxygens (including phenoxy) is 2. The van der Waals surface area contributed by atoms with E-state index in [9.17, 15) is 9.59 Å². The van der Waals surface area contributed by atoms with Crippen molar-refractivity contribution in [3.63, 3.8) is 0 Å². The standard InChI is InChI=1S/C18H19BrN2O4/c1-3-24-14-7-5-13(6-8-14)21-17(22)11(2)25-18(23)15-10-12(19)4-9-16(15)20/h4-11H,3,20H2,1-2H3,(H,21,22)/t11-/m1/s1. The second-order valence-corrected chi connectivity index (χ2v) is 6.14. The highest BCUT2D eigenvalue weighted by molar-refractivity contribution is 9.10. The molecule has 0 heterocycles. The second kappa shape index (κ2) is 8.53.